The summed E-state index contributed by atoms with van der Waals surface area (Å²) in [6.07, 6.45) is 6.06. The fourth-order valence-electron chi connectivity index (χ4n) is 3.28. The quantitative estimate of drug-likeness (QED) is 0.849. The topological polar surface area (TPSA) is 33.1 Å². The molecule has 94 valence electrons. The Morgan fingerprint density at radius 3 is 3.06 bits per heavy atom. The molecule has 0 spiro atoms. The molecule has 0 saturated carbocycles. The molecule has 0 aromatic carbocycles. The second-order valence-corrected chi connectivity index (χ2v) is 5.40. The SMILES string of the molecule is Cc1c(CNC2CCN3CCCC23)cnn1C. The highest BCUT2D eigenvalue weighted by atomic mass is 15.3. The van der Waals surface area contributed by atoms with Gasteiger partial charge in [-0.15, -0.1) is 0 Å². The van der Waals surface area contributed by atoms with Gasteiger partial charge >= 0.3 is 0 Å². The van der Waals surface area contributed by atoms with Crippen molar-refractivity contribution in [3.05, 3.63) is 17.5 Å². The first kappa shape index (κ1) is 11.2. The zero-order valence-electron chi connectivity index (χ0n) is 10.8. The minimum absolute atomic E-state index is 0.692. The lowest BCUT2D eigenvalue weighted by atomic mass is 10.1. The lowest BCUT2D eigenvalue weighted by Gasteiger charge is -2.21. The lowest BCUT2D eigenvalue weighted by molar-refractivity contribution is 0.298. The van der Waals surface area contributed by atoms with Gasteiger partial charge in [0.2, 0.25) is 0 Å². The van der Waals surface area contributed by atoms with Gasteiger partial charge in [-0.1, -0.05) is 0 Å². The number of aryl methyl sites for hydroxylation is 1. The summed E-state index contributed by atoms with van der Waals surface area (Å²) in [5.41, 5.74) is 2.61. The van der Waals surface area contributed by atoms with E-state index < -0.39 is 0 Å². The second-order valence-electron chi connectivity index (χ2n) is 5.40. The van der Waals surface area contributed by atoms with Crippen molar-refractivity contribution in [2.75, 3.05) is 13.1 Å². The number of hydrogen-bond donors (Lipinski definition) is 1. The normalized spacial score (nSPS) is 28.8. The Bertz CT molecular complexity index is 398. The molecule has 4 nitrogen and oxygen atoms in total. The predicted molar refractivity (Wildman–Crippen MR) is 67.8 cm³/mol. The first-order valence-electron chi connectivity index (χ1n) is 6.70. The van der Waals surface area contributed by atoms with Gasteiger partial charge < -0.3 is 5.32 Å². The molecule has 1 N–H and O–H groups in total. The third-order valence-corrected chi connectivity index (χ3v) is 4.50. The summed E-state index contributed by atoms with van der Waals surface area (Å²) >= 11 is 0. The van der Waals surface area contributed by atoms with Crippen molar-refractivity contribution < 1.29 is 0 Å². The van der Waals surface area contributed by atoms with Gasteiger partial charge in [0.1, 0.15) is 0 Å². The van der Waals surface area contributed by atoms with Crippen LogP contribution in [0.3, 0.4) is 0 Å². The minimum Gasteiger partial charge on any atom is -0.308 e. The summed E-state index contributed by atoms with van der Waals surface area (Å²) < 4.78 is 1.95. The largest absolute Gasteiger partial charge is 0.308 e. The van der Waals surface area contributed by atoms with Crippen molar-refractivity contribution >= 4 is 0 Å². The van der Waals surface area contributed by atoms with E-state index in [4.69, 9.17) is 0 Å². The van der Waals surface area contributed by atoms with Crippen LogP contribution in [0.25, 0.3) is 0 Å². The van der Waals surface area contributed by atoms with Crippen LogP contribution in [-0.4, -0.2) is 39.9 Å². The van der Waals surface area contributed by atoms with E-state index in [1.165, 1.54) is 43.6 Å². The van der Waals surface area contributed by atoms with E-state index >= 15 is 0 Å². The molecule has 2 saturated heterocycles. The number of nitrogens with one attached hydrogen (secondary N) is 1. The molecule has 2 aliphatic heterocycles. The highest BCUT2D eigenvalue weighted by molar-refractivity contribution is 5.15. The van der Waals surface area contributed by atoms with E-state index in [2.05, 4.69) is 22.2 Å². The van der Waals surface area contributed by atoms with Crippen LogP contribution in [0.2, 0.25) is 0 Å². The molecule has 0 amide bonds. The van der Waals surface area contributed by atoms with E-state index in [1.54, 1.807) is 0 Å². The van der Waals surface area contributed by atoms with Crippen molar-refractivity contribution in [1.82, 2.24) is 20.0 Å². The van der Waals surface area contributed by atoms with Gasteiger partial charge in [-0.3, -0.25) is 9.58 Å². The molecule has 2 atom stereocenters. The zero-order chi connectivity index (χ0) is 11.8. The van der Waals surface area contributed by atoms with Gasteiger partial charge in [0.05, 0.1) is 6.20 Å². The number of fused-ring (bicyclic) bond motifs is 1. The first-order chi connectivity index (χ1) is 8.25. The van der Waals surface area contributed by atoms with E-state index in [0.29, 0.717) is 6.04 Å². The van der Waals surface area contributed by atoms with Crippen LogP contribution in [0.5, 0.6) is 0 Å². The fourth-order valence-corrected chi connectivity index (χ4v) is 3.28. The molecule has 2 fully saturated rings. The maximum absolute atomic E-state index is 4.29. The number of nitrogens with zero attached hydrogens (tertiary/aromatic N) is 3. The Morgan fingerprint density at radius 2 is 2.29 bits per heavy atom. The molecular formula is C13H22N4. The molecule has 2 unspecified atom stereocenters. The Morgan fingerprint density at radius 1 is 1.41 bits per heavy atom. The molecule has 3 rings (SSSR count). The van der Waals surface area contributed by atoms with E-state index in [-0.39, 0.29) is 0 Å². The second kappa shape index (κ2) is 4.42. The molecule has 0 aliphatic carbocycles. The third-order valence-electron chi connectivity index (χ3n) is 4.50. The average molecular weight is 234 g/mol. The minimum atomic E-state index is 0.692. The highest BCUT2D eigenvalue weighted by Crippen LogP contribution is 2.28. The van der Waals surface area contributed by atoms with Crippen molar-refractivity contribution in [3.8, 4) is 0 Å². The molecular weight excluding hydrogens is 212 g/mol. The van der Waals surface area contributed by atoms with Gasteiger partial charge in [-0.05, 0) is 32.7 Å². The summed E-state index contributed by atoms with van der Waals surface area (Å²) in [6.45, 7) is 5.71. The first-order valence-corrected chi connectivity index (χ1v) is 6.70. The Labute approximate surface area is 103 Å². The maximum Gasteiger partial charge on any atom is 0.0537 e. The molecule has 3 heterocycles. The summed E-state index contributed by atoms with van der Waals surface area (Å²) in [7, 11) is 2.01. The summed E-state index contributed by atoms with van der Waals surface area (Å²) in [4.78, 5) is 2.65. The van der Waals surface area contributed by atoms with E-state index in [0.717, 1.165) is 12.6 Å². The summed E-state index contributed by atoms with van der Waals surface area (Å²) in [5.74, 6) is 0. The van der Waals surface area contributed by atoms with Gasteiger partial charge in [0.25, 0.3) is 0 Å². The molecule has 1 aromatic heterocycles. The fraction of sp³-hybridized carbons (Fsp3) is 0.769. The van der Waals surface area contributed by atoms with E-state index in [9.17, 15) is 0 Å². The summed E-state index contributed by atoms with van der Waals surface area (Å²) in [6, 6.07) is 1.49. The van der Waals surface area contributed by atoms with Crippen LogP contribution < -0.4 is 5.32 Å². The summed E-state index contributed by atoms with van der Waals surface area (Å²) in [5, 5.41) is 8.02. The van der Waals surface area contributed by atoms with Crippen molar-refractivity contribution in [1.29, 1.82) is 0 Å². The van der Waals surface area contributed by atoms with Crippen LogP contribution in [-0.2, 0) is 13.6 Å². The Hall–Kier alpha value is -0.870. The van der Waals surface area contributed by atoms with Crippen LogP contribution in [0.1, 0.15) is 30.5 Å². The molecule has 4 heteroatoms. The molecule has 17 heavy (non-hydrogen) atoms. The van der Waals surface area contributed by atoms with Crippen LogP contribution in [0.15, 0.2) is 6.20 Å². The molecule has 0 radical (unpaired) electrons. The highest BCUT2D eigenvalue weighted by Gasteiger charge is 2.36. The Kier molecular flexibility index (Phi) is 2.92. The van der Waals surface area contributed by atoms with E-state index in [1.807, 2.05) is 17.9 Å². The van der Waals surface area contributed by atoms with Crippen LogP contribution in [0.4, 0.5) is 0 Å². The lowest BCUT2D eigenvalue weighted by Crippen LogP contribution is -2.38. The third kappa shape index (κ3) is 2.00. The zero-order valence-corrected chi connectivity index (χ0v) is 10.8. The number of aromatic nitrogens is 2. The van der Waals surface area contributed by atoms with Gasteiger partial charge in [-0.25, -0.2) is 0 Å². The Balaban J connectivity index is 1.59. The van der Waals surface area contributed by atoms with Crippen molar-refractivity contribution in [2.24, 2.45) is 7.05 Å². The van der Waals surface area contributed by atoms with Gasteiger partial charge in [0.15, 0.2) is 0 Å². The van der Waals surface area contributed by atoms with Gasteiger partial charge in [0, 0.05) is 43.5 Å². The molecule has 1 aromatic rings. The van der Waals surface area contributed by atoms with Crippen molar-refractivity contribution in [3.63, 3.8) is 0 Å². The van der Waals surface area contributed by atoms with Crippen LogP contribution >= 0.6 is 0 Å². The average Bonchev–Trinajstić information content (AvgIpc) is 2.97. The molecule has 2 aliphatic rings. The monoisotopic (exact) mass is 234 g/mol. The van der Waals surface area contributed by atoms with Crippen LogP contribution in [0, 0.1) is 6.92 Å². The number of rotatable bonds is 3. The maximum atomic E-state index is 4.29. The smallest absolute Gasteiger partial charge is 0.0537 e. The van der Waals surface area contributed by atoms with Crippen molar-refractivity contribution in [2.45, 2.75) is 44.8 Å². The molecule has 0 bridgehead atoms. The number of hydrogen-bond acceptors (Lipinski definition) is 3. The predicted octanol–water partition coefficient (Wildman–Crippen LogP) is 1.05. The van der Waals surface area contributed by atoms with Gasteiger partial charge in [-0.2, -0.15) is 5.10 Å². The standard InChI is InChI=1S/C13H22N4/c1-10-11(9-15-16(10)2)8-14-12-5-7-17-6-3-4-13(12)17/h9,12-14H,3-8H2,1-2H3.